The van der Waals surface area contributed by atoms with E-state index in [0.29, 0.717) is 32.1 Å². The van der Waals surface area contributed by atoms with Crippen molar-refractivity contribution >= 4 is 10.2 Å². The molecule has 0 aromatic rings. The molecule has 0 saturated carbocycles. The second-order valence-electron chi connectivity index (χ2n) is 3.79. The van der Waals surface area contributed by atoms with E-state index in [1.165, 1.54) is 4.31 Å². The van der Waals surface area contributed by atoms with Gasteiger partial charge in [-0.05, 0) is 18.9 Å². The quantitative estimate of drug-likeness (QED) is 0.628. The summed E-state index contributed by atoms with van der Waals surface area (Å²) in [5.41, 5.74) is 5.47. The minimum Gasteiger partial charge on any atom is -0.330 e. The molecular weight excluding hydrogens is 226 g/mol. The van der Waals surface area contributed by atoms with Crippen LogP contribution in [0.3, 0.4) is 0 Å². The van der Waals surface area contributed by atoms with Crippen LogP contribution in [0, 0.1) is 5.92 Å². The molecule has 3 N–H and O–H groups in total. The van der Waals surface area contributed by atoms with Crippen LogP contribution in [0.1, 0.15) is 33.6 Å². The first-order valence-corrected chi connectivity index (χ1v) is 7.40. The molecule has 6 heteroatoms. The van der Waals surface area contributed by atoms with Gasteiger partial charge in [-0.2, -0.15) is 12.7 Å². The Bertz CT molecular complexity index is 263. The van der Waals surface area contributed by atoms with Gasteiger partial charge in [0, 0.05) is 19.6 Å². The van der Waals surface area contributed by atoms with E-state index in [4.69, 9.17) is 5.73 Å². The van der Waals surface area contributed by atoms with Crippen molar-refractivity contribution in [2.75, 3.05) is 26.2 Å². The van der Waals surface area contributed by atoms with Gasteiger partial charge in [0.15, 0.2) is 0 Å². The van der Waals surface area contributed by atoms with Crippen LogP contribution >= 0.6 is 0 Å². The fourth-order valence-corrected chi connectivity index (χ4v) is 2.87. The Morgan fingerprint density at radius 3 is 2.19 bits per heavy atom. The SMILES string of the molecule is CCC(CCN)CNS(=O)(=O)N(CC)CC. The number of rotatable bonds is 9. The molecule has 0 aliphatic carbocycles. The summed E-state index contributed by atoms with van der Waals surface area (Å²) in [5.74, 6) is 0.329. The summed E-state index contributed by atoms with van der Waals surface area (Å²) >= 11 is 0. The second-order valence-corrected chi connectivity index (χ2v) is 5.54. The summed E-state index contributed by atoms with van der Waals surface area (Å²) < 4.78 is 27.7. The smallest absolute Gasteiger partial charge is 0.279 e. The standard InChI is InChI=1S/C10H25N3O2S/c1-4-10(7-8-11)9-12-16(14,15)13(5-2)6-3/h10,12H,4-9,11H2,1-3H3. The highest BCUT2D eigenvalue weighted by Crippen LogP contribution is 2.06. The van der Waals surface area contributed by atoms with Gasteiger partial charge in [0.25, 0.3) is 10.2 Å². The molecule has 1 atom stereocenters. The molecule has 16 heavy (non-hydrogen) atoms. The van der Waals surface area contributed by atoms with Crippen LogP contribution in [0.25, 0.3) is 0 Å². The third-order valence-corrected chi connectivity index (χ3v) is 4.48. The van der Waals surface area contributed by atoms with Gasteiger partial charge >= 0.3 is 0 Å². The zero-order chi connectivity index (χ0) is 12.6. The number of nitrogens with two attached hydrogens (primary N) is 1. The molecule has 0 aliphatic rings. The maximum Gasteiger partial charge on any atom is 0.279 e. The molecule has 5 nitrogen and oxygen atoms in total. The van der Waals surface area contributed by atoms with Crippen molar-refractivity contribution in [3.63, 3.8) is 0 Å². The van der Waals surface area contributed by atoms with Gasteiger partial charge in [0.05, 0.1) is 0 Å². The third-order valence-electron chi connectivity index (χ3n) is 2.75. The maximum atomic E-state index is 11.8. The monoisotopic (exact) mass is 251 g/mol. The van der Waals surface area contributed by atoms with E-state index >= 15 is 0 Å². The van der Waals surface area contributed by atoms with Gasteiger partial charge in [-0.25, -0.2) is 4.72 Å². The van der Waals surface area contributed by atoms with Gasteiger partial charge in [-0.1, -0.05) is 27.2 Å². The van der Waals surface area contributed by atoms with E-state index in [2.05, 4.69) is 4.72 Å². The molecule has 0 aromatic carbocycles. The van der Waals surface area contributed by atoms with E-state index in [9.17, 15) is 8.42 Å². The molecular formula is C10H25N3O2S. The van der Waals surface area contributed by atoms with E-state index in [1.807, 2.05) is 20.8 Å². The minimum absolute atomic E-state index is 0.329. The lowest BCUT2D eigenvalue weighted by molar-refractivity contribution is 0.416. The van der Waals surface area contributed by atoms with Gasteiger partial charge in [0.2, 0.25) is 0 Å². The molecule has 1 unspecified atom stereocenters. The second kappa shape index (κ2) is 8.00. The number of hydrogen-bond acceptors (Lipinski definition) is 3. The summed E-state index contributed by atoms with van der Waals surface area (Å²) in [6.07, 6.45) is 1.80. The highest BCUT2D eigenvalue weighted by Gasteiger charge is 2.19. The maximum absolute atomic E-state index is 11.8. The summed E-state index contributed by atoms with van der Waals surface area (Å²) in [6, 6.07) is 0. The van der Waals surface area contributed by atoms with Gasteiger partial charge in [-0.15, -0.1) is 0 Å². The lowest BCUT2D eigenvalue weighted by Gasteiger charge is -2.21. The Labute approximate surface area is 99.6 Å². The topological polar surface area (TPSA) is 75.4 Å². The molecule has 0 aliphatic heterocycles. The highest BCUT2D eigenvalue weighted by molar-refractivity contribution is 7.87. The number of nitrogens with one attached hydrogen (secondary N) is 1. The van der Waals surface area contributed by atoms with Gasteiger partial charge < -0.3 is 5.73 Å². The normalized spacial score (nSPS) is 14.3. The average molecular weight is 251 g/mol. The number of nitrogens with zero attached hydrogens (tertiary/aromatic N) is 1. The third kappa shape index (κ3) is 5.25. The molecule has 0 rings (SSSR count). The van der Waals surface area contributed by atoms with Crippen LogP contribution in [0.15, 0.2) is 0 Å². The van der Waals surface area contributed by atoms with E-state index in [0.717, 1.165) is 12.8 Å². The van der Waals surface area contributed by atoms with E-state index < -0.39 is 10.2 Å². The highest BCUT2D eigenvalue weighted by atomic mass is 32.2. The molecule has 0 aromatic heterocycles. The van der Waals surface area contributed by atoms with E-state index in [-0.39, 0.29) is 0 Å². The summed E-state index contributed by atoms with van der Waals surface area (Å²) in [4.78, 5) is 0. The Morgan fingerprint density at radius 2 is 1.81 bits per heavy atom. The van der Waals surface area contributed by atoms with Crippen molar-refractivity contribution in [3.8, 4) is 0 Å². The Kier molecular flexibility index (Phi) is 7.91. The molecule has 0 heterocycles. The van der Waals surface area contributed by atoms with Crippen molar-refractivity contribution < 1.29 is 8.42 Å². The van der Waals surface area contributed by atoms with Crippen molar-refractivity contribution in [1.82, 2.24) is 9.03 Å². The van der Waals surface area contributed by atoms with E-state index in [1.54, 1.807) is 0 Å². The largest absolute Gasteiger partial charge is 0.330 e. The lowest BCUT2D eigenvalue weighted by Crippen LogP contribution is -2.42. The minimum atomic E-state index is -3.30. The molecule has 0 saturated heterocycles. The van der Waals surface area contributed by atoms with Gasteiger partial charge in [0.1, 0.15) is 0 Å². The Morgan fingerprint density at radius 1 is 1.25 bits per heavy atom. The molecule has 0 radical (unpaired) electrons. The fourth-order valence-electron chi connectivity index (χ4n) is 1.56. The first-order valence-electron chi connectivity index (χ1n) is 5.96. The fraction of sp³-hybridized carbons (Fsp3) is 1.00. The van der Waals surface area contributed by atoms with Crippen LogP contribution in [0.4, 0.5) is 0 Å². The summed E-state index contributed by atoms with van der Waals surface area (Å²) in [5, 5.41) is 0. The van der Waals surface area contributed by atoms with Crippen molar-refractivity contribution in [2.45, 2.75) is 33.6 Å². The van der Waals surface area contributed by atoms with Crippen molar-refractivity contribution in [1.29, 1.82) is 0 Å². The van der Waals surface area contributed by atoms with Crippen LogP contribution in [0.2, 0.25) is 0 Å². The van der Waals surface area contributed by atoms with Crippen LogP contribution < -0.4 is 10.5 Å². The van der Waals surface area contributed by atoms with Gasteiger partial charge in [-0.3, -0.25) is 0 Å². The zero-order valence-electron chi connectivity index (χ0n) is 10.6. The molecule has 0 fully saturated rings. The van der Waals surface area contributed by atoms with Crippen LogP contribution in [-0.2, 0) is 10.2 Å². The summed E-state index contributed by atoms with van der Waals surface area (Å²) in [6.45, 7) is 7.79. The molecule has 0 bridgehead atoms. The predicted octanol–water partition coefficient (Wildman–Crippen LogP) is 0.538. The molecule has 0 spiro atoms. The Balaban J connectivity index is 4.26. The predicted molar refractivity (Wildman–Crippen MR) is 67.3 cm³/mol. The molecule has 0 amide bonds. The van der Waals surface area contributed by atoms with Crippen LogP contribution in [-0.4, -0.2) is 38.9 Å². The summed E-state index contributed by atoms with van der Waals surface area (Å²) in [7, 11) is -3.30. The van der Waals surface area contributed by atoms with Crippen molar-refractivity contribution in [2.24, 2.45) is 11.7 Å². The zero-order valence-corrected chi connectivity index (χ0v) is 11.4. The van der Waals surface area contributed by atoms with Crippen molar-refractivity contribution in [3.05, 3.63) is 0 Å². The van der Waals surface area contributed by atoms with Crippen LogP contribution in [0.5, 0.6) is 0 Å². The first kappa shape index (κ1) is 15.8. The Hall–Kier alpha value is -0.170. The lowest BCUT2D eigenvalue weighted by atomic mass is 10.0. The molecule has 98 valence electrons. The number of hydrogen-bond donors (Lipinski definition) is 2. The average Bonchev–Trinajstić information content (AvgIpc) is 2.25. The first-order chi connectivity index (χ1) is 7.51.